The van der Waals surface area contributed by atoms with Gasteiger partial charge >= 0.3 is 12.0 Å². The Bertz CT molecular complexity index is 1580. The summed E-state index contributed by atoms with van der Waals surface area (Å²) >= 11 is 1.62. The summed E-state index contributed by atoms with van der Waals surface area (Å²) in [6.07, 6.45) is -0.999. The van der Waals surface area contributed by atoms with Crippen molar-refractivity contribution in [3.63, 3.8) is 0 Å². The smallest absolute Gasteiger partial charge is 0.335 e. The first-order valence-electron chi connectivity index (χ1n) is 15.0. The summed E-state index contributed by atoms with van der Waals surface area (Å²) in [5.41, 5.74) is 6.06. The Morgan fingerprint density at radius 1 is 0.844 bits per heavy atom. The molecule has 0 spiro atoms. The molecule has 4 aromatic rings. The summed E-state index contributed by atoms with van der Waals surface area (Å²) in [5.74, 6) is -0.269. The molecule has 1 saturated heterocycles. The van der Waals surface area contributed by atoms with Crippen molar-refractivity contribution in [3.05, 3.63) is 125 Å². The van der Waals surface area contributed by atoms with Crippen LogP contribution < -0.4 is 10.6 Å². The van der Waals surface area contributed by atoms with E-state index in [0.29, 0.717) is 18.8 Å². The van der Waals surface area contributed by atoms with E-state index in [1.54, 1.807) is 23.9 Å². The fourth-order valence-corrected chi connectivity index (χ4v) is 6.42. The first kappa shape index (κ1) is 32.2. The molecule has 45 heavy (non-hydrogen) atoms. The van der Waals surface area contributed by atoms with Crippen LogP contribution in [0.1, 0.15) is 58.9 Å². The van der Waals surface area contributed by atoms with Gasteiger partial charge in [0.2, 0.25) is 0 Å². The van der Waals surface area contributed by atoms with Crippen molar-refractivity contribution in [2.45, 2.75) is 50.4 Å². The molecule has 0 radical (unpaired) electrons. The highest BCUT2D eigenvalue weighted by Gasteiger charge is 2.38. The number of aliphatic hydroxyl groups excluding tert-OH is 1. The zero-order valence-electron chi connectivity index (χ0n) is 25.3. The molecule has 4 aromatic carbocycles. The number of aromatic carboxylic acids is 1. The maximum absolute atomic E-state index is 12.0. The largest absolute Gasteiger partial charge is 0.478 e. The molecule has 0 aromatic heterocycles. The second-order valence-electron chi connectivity index (χ2n) is 11.0. The normalized spacial score (nSPS) is 19.5. The summed E-state index contributed by atoms with van der Waals surface area (Å²) in [5, 5.41) is 24.4. The standard InChI is InChI=1S/C36H38N2O6S/c1-3-37-36(42)38-20-29-6-4-5-7-31(29)25-12-14-28(15-13-25)35-43-32(22-45-30-18-16-27(17-19-30)34(40)41)23(2)33(44-35)26-10-8-24(21-39)9-11-26/h4-19,23,32-33,35,39H,3,20-22H2,1-2H3,(H,40,41)(H2,37,38,42). The molecule has 1 aliphatic rings. The van der Waals surface area contributed by atoms with E-state index in [1.165, 1.54) is 0 Å². The zero-order valence-corrected chi connectivity index (χ0v) is 26.1. The molecule has 4 N–H and O–H groups in total. The monoisotopic (exact) mass is 626 g/mol. The topological polar surface area (TPSA) is 117 Å². The number of rotatable bonds is 11. The molecule has 9 heteroatoms. The molecular formula is C36H38N2O6S. The van der Waals surface area contributed by atoms with Gasteiger partial charge in [0.15, 0.2) is 6.29 Å². The highest BCUT2D eigenvalue weighted by molar-refractivity contribution is 7.99. The predicted molar refractivity (Wildman–Crippen MR) is 175 cm³/mol. The van der Waals surface area contributed by atoms with Crippen LogP contribution in [0.25, 0.3) is 11.1 Å². The minimum Gasteiger partial charge on any atom is -0.478 e. The lowest BCUT2D eigenvalue weighted by atomic mass is 9.91. The number of thioether (sulfide) groups is 1. The predicted octanol–water partition coefficient (Wildman–Crippen LogP) is 6.95. The minimum atomic E-state index is -0.948. The molecule has 8 nitrogen and oxygen atoms in total. The van der Waals surface area contributed by atoms with Gasteiger partial charge in [0, 0.05) is 35.2 Å². The Kier molecular flexibility index (Phi) is 10.9. The molecular weight excluding hydrogens is 588 g/mol. The third-order valence-corrected chi connectivity index (χ3v) is 9.03. The van der Waals surface area contributed by atoms with Crippen molar-refractivity contribution in [2.24, 2.45) is 5.92 Å². The average molecular weight is 627 g/mol. The van der Waals surface area contributed by atoms with Crippen molar-refractivity contribution in [1.82, 2.24) is 10.6 Å². The lowest BCUT2D eigenvalue weighted by molar-refractivity contribution is -0.268. The number of hydrogen-bond donors (Lipinski definition) is 4. The van der Waals surface area contributed by atoms with Crippen molar-refractivity contribution in [3.8, 4) is 11.1 Å². The number of benzene rings is 4. The van der Waals surface area contributed by atoms with Crippen molar-refractivity contribution >= 4 is 23.8 Å². The van der Waals surface area contributed by atoms with E-state index in [-0.39, 0.29) is 36.3 Å². The molecule has 234 valence electrons. The van der Waals surface area contributed by atoms with Gasteiger partial charge in [0.05, 0.1) is 24.4 Å². The van der Waals surface area contributed by atoms with Gasteiger partial charge in [0.25, 0.3) is 0 Å². The number of aliphatic hydroxyl groups is 1. The van der Waals surface area contributed by atoms with Crippen LogP contribution in [0.2, 0.25) is 0 Å². The summed E-state index contributed by atoms with van der Waals surface area (Å²) < 4.78 is 13.2. The third kappa shape index (κ3) is 8.12. The highest BCUT2D eigenvalue weighted by atomic mass is 32.2. The fourth-order valence-electron chi connectivity index (χ4n) is 5.36. The minimum absolute atomic E-state index is 0.0233. The number of carbonyl (C=O) groups excluding carboxylic acids is 1. The molecule has 4 unspecified atom stereocenters. The Morgan fingerprint density at radius 2 is 1.53 bits per heavy atom. The molecule has 0 saturated carbocycles. The van der Waals surface area contributed by atoms with E-state index in [2.05, 4.69) is 17.6 Å². The van der Waals surface area contributed by atoms with Gasteiger partial charge in [-0.1, -0.05) is 79.7 Å². The Hall–Kier alpha value is -4.15. The number of amides is 2. The van der Waals surface area contributed by atoms with Crippen LogP contribution in [0.5, 0.6) is 0 Å². The van der Waals surface area contributed by atoms with Crippen molar-refractivity contribution < 1.29 is 29.3 Å². The van der Waals surface area contributed by atoms with Gasteiger partial charge in [-0.3, -0.25) is 0 Å². The van der Waals surface area contributed by atoms with Gasteiger partial charge in [-0.2, -0.15) is 0 Å². The maximum atomic E-state index is 12.0. The molecule has 1 heterocycles. The van der Waals surface area contributed by atoms with E-state index < -0.39 is 12.3 Å². The van der Waals surface area contributed by atoms with Crippen LogP contribution in [0, 0.1) is 5.92 Å². The SMILES string of the molecule is CCNC(=O)NCc1ccccc1-c1ccc(C2OC(CSc3ccc(C(=O)O)cc3)C(C)C(c3ccc(CO)cc3)O2)cc1. The van der Waals surface area contributed by atoms with Gasteiger partial charge < -0.3 is 30.3 Å². The van der Waals surface area contributed by atoms with Crippen LogP contribution >= 0.6 is 11.8 Å². The number of urea groups is 1. The number of carboxylic acid groups (broad SMARTS) is 1. The summed E-state index contributed by atoms with van der Waals surface area (Å²) in [6, 6.07) is 30.6. The Labute approximate surface area is 267 Å². The molecule has 5 rings (SSSR count). The first-order chi connectivity index (χ1) is 21.9. The number of carboxylic acids is 1. The Balaban J connectivity index is 1.36. The number of carbonyl (C=O) groups is 2. The van der Waals surface area contributed by atoms with E-state index >= 15 is 0 Å². The number of ether oxygens (including phenoxy) is 2. The quantitative estimate of drug-likeness (QED) is 0.133. The van der Waals surface area contributed by atoms with Crippen LogP contribution in [0.3, 0.4) is 0 Å². The lowest BCUT2D eigenvalue weighted by Gasteiger charge is -2.41. The van der Waals surface area contributed by atoms with Crippen LogP contribution in [0.15, 0.2) is 102 Å². The molecule has 1 aliphatic heterocycles. The van der Waals surface area contributed by atoms with E-state index in [9.17, 15) is 19.8 Å². The van der Waals surface area contributed by atoms with Gasteiger partial charge in [0.1, 0.15) is 0 Å². The van der Waals surface area contributed by atoms with Crippen molar-refractivity contribution in [1.29, 1.82) is 0 Å². The molecule has 4 atom stereocenters. The second kappa shape index (κ2) is 15.2. The molecule has 2 amide bonds. The van der Waals surface area contributed by atoms with E-state index in [0.717, 1.165) is 38.3 Å². The van der Waals surface area contributed by atoms with Crippen molar-refractivity contribution in [2.75, 3.05) is 12.3 Å². The summed E-state index contributed by atoms with van der Waals surface area (Å²) in [6.45, 7) is 4.95. The number of nitrogens with one attached hydrogen (secondary N) is 2. The van der Waals surface area contributed by atoms with Gasteiger partial charge in [-0.25, -0.2) is 9.59 Å². The van der Waals surface area contributed by atoms with E-state index in [1.807, 2.05) is 91.9 Å². The summed E-state index contributed by atoms with van der Waals surface area (Å²) in [7, 11) is 0. The van der Waals surface area contributed by atoms with Gasteiger partial charge in [-0.15, -0.1) is 11.8 Å². The van der Waals surface area contributed by atoms with Gasteiger partial charge in [-0.05, 0) is 59.0 Å². The van der Waals surface area contributed by atoms with Crippen LogP contribution in [-0.2, 0) is 22.6 Å². The zero-order chi connectivity index (χ0) is 31.8. The number of hydrogen-bond acceptors (Lipinski definition) is 6. The molecule has 1 fully saturated rings. The Morgan fingerprint density at radius 3 is 2.20 bits per heavy atom. The molecule has 0 aliphatic carbocycles. The van der Waals surface area contributed by atoms with Crippen LogP contribution in [-0.4, -0.2) is 40.6 Å². The van der Waals surface area contributed by atoms with E-state index in [4.69, 9.17) is 9.47 Å². The summed E-state index contributed by atoms with van der Waals surface area (Å²) in [4.78, 5) is 24.2. The first-order valence-corrected chi connectivity index (χ1v) is 16.0. The highest BCUT2D eigenvalue weighted by Crippen LogP contribution is 2.43. The molecule has 0 bridgehead atoms. The third-order valence-electron chi connectivity index (χ3n) is 7.93. The maximum Gasteiger partial charge on any atom is 0.335 e. The average Bonchev–Trinajstić information content (AvgIpc) is 3.07. The lowest BCUT2D eigenvalue weighted by Crippen LogP contribution is -2.38. The van der Waals surface area contributed by atoms with Crippen LogP contribution in [0.4, 0.5) is 4.79 Å². The fraction of sp³-hybridized carbons (Fsp3) is 0.278. The second-order valence-corrected chi connectivity index (χ2v) is 12.0.